The van der Waals surface area contributed by atoms with Crippen molar-refractivity contribution in [2.75, 3.05) is 20.1 Å². The molecule has 1 aromatic rings. The molecule has 0 unspecified atom stereocenters. The minimum atomic E-state index is -0.580. The van der Waals surface area contributed by atoms with Crippen LogP contribution in [-0.2, 0) is 16.1 Å². The molecule has 31 heavy (non-hydrogen) atoms. The normalized spacial score (nSPS) is 24.5. The summed E-state index contributed by atoms with van der Waals surface area (Å²) in [6.45, 7) is 10.6. The van der Waals surface area contributed by atoms with Crippen molar-refractivity contribution in [2.24, 2.45) is 11.8 Å². The Morgan fingerprint density at radius 3 is 2.55 bits per heavy atom. The third-order valence-corrected chi connectivity index (χ3v) is 6.52. The van der Waals surface area contributed by atoms with E-state index in [1.165, 1.54) is 10.5 Å². The zero-order valence-electron chi connectivity index (χ0n) is 19.8. The van der Waals surface area contributed by atoms with Crippen LogP contribution >= 0.6 is 0 Å². The Kier molecular flexibility index (Phi) is 7.63. The molecule has 6 nitrogen and oxygen atoms in total. The predicted octanol–water partition coefficient (Wildman–Crippen LogP) is 4.05. The van der Waals surface area contributed by atoms with Crippen molar-refractivity contribution in [1.82, 2.24) is 15.1 Å². The van der Waals surface area contributed by atoms with Gasteiger partial charge in [0.2, 0.25) is 5.91 Å². The van der Waals surface area contributed by atoms with E-state index in [4.69, 9.17) is 4.74 Å². The third kappa shape index (κ3) is 6.22. The molecule has 1 aliphatic carbocycles. The van der Waals surface area contributed by atoms with Gasteiger partial charge in [-0.15, -0.1) is 0 Å². The molecule has 1 heterocycles. The van der Waals surface area contributed by atoms with Crippen molar-refractivity contribution in [3.63, 3.8) is 0 Å². The number of nitrogens with one attached hydrogen (secondary N) is 1. The van der Waals surface area contributed by atoms with Gasteiger partial charge in [-0.1, -0.05) is 43.7 Å². The number of likely N-dealkylation sites (tertiary alicyclic amines) is 1. The molecule has 1 aliphatic heterocycles. The highest BCUT2D eigenvalue weighted by molar-refractivity contribution is 5.85. The number of hydrogen-bond donors (Lipinski definition) is 1. The summed E-state index contributed by atoms with van der Waals surface area (Å²) in [5.41, 5.74) is 0.758. The average Bonchev–Trinajstić information content (AvgIpc) is 3.26. The Balaban J connectivity index is 1.58. The predicted molar refractivity (Wildman–Crippen MR) is 123 cm³/mol. The highest BCUT2D eigenvalue weighted by Crippen LogP contribution is 2.38. The molecule has 3 rings (SSSR count). The second kappa shape index (κ2) is 10.0. The molecule has 1 aromatic carbocycles. The van der Waals surface area contributed by atoms with E-state index in [9.17, 15) is 9.59 Å². The molecule has 1 saturated carbocycles. The van der Waals surface area contributed by atoms with E-state index in [-0.39, 0.29) is 11.9 Å². The van der Waals surface area contributed by atoms with Crippen LogP contribution in [0.1, 0.15) is 58.9 Å². The van der Waals surface area contributed by atoms with Gasteiger partial charge in [0.25, 0.3) is 0 Å². The molecular formula is C25H39N3O3. The van der Waals surface area contributed by atoms with Crippen molar-refractivity contribution in [3.05, 3.63) is 35.9 Å². The van der Waals surface area contributed by atoms with Gasteiger partial charge in [0.15, 0.2) is 0 Å². The van der Waals surface area contributed by atoms with E-state index < -0.39 is 17.7 Å². The van der Waals surface area contributed by atoms with Crippen LogP contribution in [0.2, 0.25) is 0 Å². The van der Waals surface area contributed by atoms with E-state index >= 15 is 0 Å². The van der Waals surface area contributed by atoms with Gasteiger partial charge in [-0.3, -0.25) is 14.6 Å². The lowest BCUT2D eigenvalue weighted by molar-refractivity contribution is -0.127. The Labute approximate surface area is 187 Å². The minimum absolute atomic E-state index is 0.0534. The Morgan fingerprint density at radius 1 is 1.19 bits per heavy atom. The van der Waals surface area contributed by atoms with Gasteiger partial charge in [0, 0.05) is 32.7 Å². The lowest BCUT2D eigenvalue weighted by atomic mass is 9.97. The fourth-order valence-corrected chi connectivity index (χ4v) is 5.02. The number of likely N-dealkylation sites (N-methyl/N-ethyl adjacent to an activating group) is 1. The first-order chi connectivity index (χ1) is 14.7. The molecule has 6 heteroatoms. The Bertz CT molecular complexity index is 746. The first-order valence-corrected chi connectivity index (χ1v) is 11.7. The van der Waals surface area contributed by atoms with Crippen molar-refractivity contribution in [3.8, 4) is 0 Å². The lowest BCUT2D eigenvalue weighted by Gasteiger charge is -2.31. The summed E-state index contributed by atoms with van der Waals surface area (Å²) in [6.07, 6.45) is 3.19. The lowest BCUT2D eigenvalue weighted by Crippen LogP contribution is -2.52. The summed E-state index contributed by atoms with van der Waals surface area (Å²) in [5, 5.41) is 3.30. The first-order valence-electron chi connectivity index (χ1n) is 11.7. The Hall–Kier alpha value is -2.08. The number of fused-ring (bicyclic) bond motifs is 1. The summed E-state index contributed by atoms with van der Waals surface area (Å²) >= 11 is 0. The molecule has 172 valence electrons. The maximum Gasteiger partial charge on any atom is 0.410 e. The smallest absolute Gasteiger partial charge is 0.410 e. The van der Waals surface area contributed by atoms with Gasteiger partial charge in [-0.25, -0.2) is 4.79 Å². The van der Waals surface area contributed by atoms with Crippen LogP contribution in [-0.4, -0.2) is 59.6 Å². The number of ether oxygens (including phenoxy) is 1. The second-order valence-corrected chi connectivity index (χ2v) is 10.2. The molecule has 1 N–H and O–H groups in total. The maximum absolute atomic E-state index is 13.2. The van der Waals surface area contributed by atoms with Crippen molar-refractivity contribution >= 4 is 12.0 Å². The SMILES string of the molecule is CCC[C@@H](C(=O)N[C@H]1CC[C@@H]2CN(Cc3ccccc3)C[C@@H]21)N(C)C(=O)OC(C)(C)C. The number of carbonyl (C=O) groups excluding carboxylic acids is 2. The van der Waals surface area contributed by atoms with Gasteiger partial charge >= 0.3 is 6.09 Å². The molecule has 2 fully saturated rings. The van der Waals surface area contributed by atoms with Gasteiger partial charge in [-0.05, 0) is 57.4 Å². The van der Waals surface area contributed by atoms with Crippen molar-refractivity contribution in [1.29, 1.82) is 0 Å². The van der Waals surface area contributed by atoms with E-state index in [0.29, 0.717) is 18.3 Å². The summed E-state index contributed by atoms with van der Waals surface area (Å²) < 4.78 is 5.49. The molecular weight excluding hydrogens is 390 g/mol. The van der Waals surface area contributed by atoms with Crippen molar-refractivity contribution < 1.29 is 14.3 Å². The van der Waals surface area contributed by atoms with Crippen LogP contribution in [0.5, 0.6) is 0 Å². The summed E-state index contributed by atoms with van der Waals surface area (Å²) in [4.78, 5) is 29.7. The van der Waals surface area contributed by atoms with E-state index in [0.717, 1.165) is 38.9 Å². The number of carbonyl (C=O) groups is 2. The standard InChI is InChI=1S/C25H39N3O3/c1-6-10-22(27(5)24(30)31-25(2,3)4)23(29)26-21-14-13-19-16-28(17-20(19)21)15-18-11-8-7-9-12-18/h7-9,11-12,19-22H,6,10,13-17H2,1-5H3,(H,26,29)/t19-,20+,21+,22+/m1/s1. The molecule has 0 bridgehead atoms. The van der Waals surface area contributed by atoms with Crippen LogP contribution in [0.4, 0.5) is 4.79 Å². The highest BCUT2D eigenvalue weighted by Gasteiger charge is 2.44. The average molecular weight is 430 g/mol. The number of rotatable bonds is 7. The molecule has 0 spiro atoms. The fourth-order valence-electron chi connectivity index (χ4n) is 5.02. The first kappa shape index (κ1) is 23.6. The molecule has 4 atom stereocenters. The van der Waals surface area contributed by atoms with E-state index in [1.807, 2.05) is 27.7 Å². The quantitative estimate of drug-likeness (QED) is 0.710. The number of benzene rings is 1. The summed E-state index contributed by atoms with van der Waals surface area (Å²) in [6, 6.07) is 10.3. The van der Waals surface area contributed by atoms with Gasteiger partial charge < -0.3 is 10.1 Å². The van der Waals surface area contributed by atoms with Gasteiger partial charge in [0.1, 0.15) is 11.6 Å². The zero-order valence-corrected chi connectivity index (χ0v) is 19.8. The number of hydrogen-bond acceptors (Lipinski definition) is 4. The fraction of sp³-hybridized carbons (Fsp3) is 0.680. The number of nitrogens with zero attached hydrogens (tertiary/aromatic N) is 2. The van der Waals surface area contributed by atoms with Crippen molar-refractivity contribution in [2.45, 2.75) is 77.6 Å². The molecule has 2 aliphatic rings. The molecule has 0 aromatic heterocycles. The highest BCUT2D eigenvalue weighted by atomic mass is 16.6. The largest absolute Gasteiger partial charge is 0.444 e. The van der Waals surface area contributed by atoms with E-state index in [1.54, 1.807) is 7.05 Å². The molecule has 1 saturated heterocycles. The summed E-state index contributed by atoms with van der Waals surface area (Å²) in [5.74, 6) is 1.08. The minimum Gasteiger partial charge on any atom is -0.444 e. The third-order valence-electron chi connectivity index (χ3n) is 6.52. The monoisotopic (exact) mass is 429 g/mol. The Morgan fingerprint density at radius 2 is 1.90 bits per heavy atom. The maximum atomic E-state index is 13.2. The molecule has 2 amide bonds. The van der Waals surface area contributed by atoms with Crippen LogP contribution in [0.25, 0.3) is 0 Å². The molecule has 0 radical (unpaired) electrons. The van der Waals surface area contributed by atoms with Crippen LogP contribution in [0.3, 0.4) is 0 Å². The zero-order chi connectivity index (χ0) is 22.6. The summed E-state index contributed by atoms with van der Waals surface area (Å²) in [7, 11) is 1.67. The van der Waals surface area contributed by atoms with Gasteiger partial charge in [-0.2, -0.15) is 0 Å². The number of amides is 2. The van der Waals surface area contributed by atoms with E-state index in [2.05, 4.69) is 40.5 Å². The topological polar surface area (TPSA) is 61.9 Å². The van der Waals surface area contributed by atoms with Gasteiger partial charge in [0.05, 0.1) is 0 Å². The van der Waals surface area contributed by atoms with Crippen LogP contribution in [0, 0.1) is 11.8 Å². The second-order valence-electron chi connectivity index (χ2n) is 10.2. The van der Waals surface area contributed by atoms with Crippen LogP contribution < -0.4 is 5.32 Å². The van der Waals surface area contributed by atoms with Crippen LogP contribution in [0.15, 0.2) is 30.3 Å².